The fourth-order valence-corrected chi connectivity index (χ4v) is 2.03. The second kappa shape index (κ2) is 5.10. The van der Waals surface area contributed by atoms with Gasteiger partial charge in [-0.15, -0.1) is 0 Å². The minimum Gasteiger partial charge on any atom is -0.384 e. The highest BCUT2D eigenvalue weighted by molar-refractivity contribution is 5.97. The predicted molar refractivity (Wildman–Crippen MR) is 65.0 cm³/mol. The molecule has 18 heavy (non-hydrogen) atoms. The minimum absolute atomic E-state index is 0.0831. The highest BCUT2D eigenvalue weighted by atomic mass is 16.6. The number of nitro groups is 1. The van der Waals surface area contributed by atoms with Crippen LogP contribution in [0.5, 0.6) is 0 Å². The number of hydrogen-bond donors (Lipinski definition) is 1. The molecule has 0 saturated heterocycles. The first-order valence-electron chi connectivity index (χ1n) is 5.75. The lowest BCUT2D eigenvalue weighted by Crippen LogP contribution is -2.14. The second-order valence-electron chi connectivity index (χ2n) is 4.23. The van der Waals surface area contributed by atoms with E-state index in [1.54, 1.807) is 12.1 Å². The van der Waals surface area contributed by atoms with Gasteiger partial charge in [0.1, 0.15) is 6.10 Å². The SMILES string of the molecule is O=C1CCCC=C1C(O)c1cccc([N+](=O)[O-])c1. The molecule has 0 spiro atoms. The summed E-state index contributed by atoms with van der Waals surface area (Å²) in [5, 5.41) is 20.8. The Morgan fingerprint density at radius 3 is 2.83 bits per heavy atom. The van der Waals surface area contributed by atoms with Gasteiger partial charge in [0.25, 0.3) is 5.69 Å². The van der Waals surface area contributed by atoms with Crippen LogP contribution in [-0.2, 0) is 4.79 Å². The van der Waals surface area contributed by atoms with Crippen molar-refractivity contribution in [3.05, 3.63) is 51.6 Å². The number of benzene rings is 1. The smallest absolute Gasteiger partial charge is 0.269 e. The molecule has 0 fully saturated rings. The topological polar surface area (TPSA) is 80.4 Å². The van der Waals surface area contributed by atoms with Crippen LogP contribution in [0.3, 0.4) is 0 Å². The summed E-state index contributed by atoms with van der Waals surface area (Å²) in [6.45, 7) is 0. The molecule has 1 aromatic carbocycles. The predicted octanol–water partition coefficient (Wildman–Crippen LogP) is 2.31. The lowest BCUT2D eigenvalue weighted by molar-refractivity contribution is -0.385. The monoisotopic (exact) mass is 247 g/mol. The van der Waals surface area contributed by atoms with Crippen LogP contribution in [0.2, 0.25) is 0 Å². The minimum atomic E-state index is -1.07. The maximum absolute atomic E-state index is 11.7. The van der Waals surface area contributed by atoms with Crippen LogP contribution < -0.4 is 0 Å². The number of rotatable bonds is 3. The summed E-state index contributed by atoms with van der Waals surface area (Å²) in [5.74, 6) is -0.0831. The Balaban J connectivity index is 2.31. The van der Waals surface area contributed by atoms with E-state index in [1.165, 1.54) is 18.2 Å². The molecule has 94 valence electrons. The van der Waals surface area contributed by atoms with E-state index in [2.05, 4.69) is 0 Å². The van der Waals surface area contributed by atoms with E-state index in [0.717, 1.165) is 12.8 Å². The number of aliphatic hydroxyl groups is 1. The number of nitrogens with zero attached hydrogens (tertiary/aromatic N) is 1. The van der Waals surface area contributed by atoms with Crippen molar-refractivity contribution >= 4 is 11.5 Å². The van der Waals surface area contributed by atoms with Gasteiger partial charge in [-0.25, -0.2) is 0 Å². The van der Waals surface area contributed by atoms with Crippen molar-refractivity contribution < 1.29 is 14.8 Å². The summed E-state index contributed by atoms with van der Waals surface area (Å²) in [5.41, 5.74) is 0.642. The molecule has 0 bridgehead atoms. The third-order valence-corrected chi connectivity index (χ3v) is 2.99. The van der Waals surface area contributed by atoms with Crippen LogP contribution in [0.1, 0.15) is 30.9 Å². The van der Waals surface area contributed by atoms with E-state index in [-0.39, 0.29) is 11.5 Å². The quantitative estimate of drug-likeness (QED) is 0.656. The molecule has 0 aromatic heterocycles. The molecule has 0 radical (unpaired) electrons. The van der Waals surface area contributed by atoms with E-state index in [9.17, 15) is 20.0 Å². The van der Waals surface area contributed by atoms with Crippen molar-refractivity contribution in [1.82, 2.24) is 0 Å². The standard InChI is InChI=1S/C13H13NO4/c15-12-7-2-1-6-11(12)13(16)9-4-3-5-10(8-9)14(17)18/h3-6,8,13,16H,1-2,7H2. The van der Waals surface area contributed by atoms with Crippen molar-refractivity contribution in [1.29, 1.82) is 0 Å². The molecule has 0 heterocycles. The van der Waals surface area contributed by atoms with Crippen molar-refractivity contribution in [2.45, 2.75) is 25.4 Å². The van der Waals surface area contributed by atoms with E-state index >= 15 is 0 Å². The van der Waals surface area contributed by atoms with Gasteiger partial charge in [-0.2, -0.15) is 0 Å². The van der Waals surface area contributed by atoms with Gasteiger partial charge in [0.05, 0.1) is 4.92 Å². The molecule has 5 nitrogen and oxygen atoms in total. The molecule has 1 aliphatic carbocycles. The zero-order valence-electron chi connectivity index (χ0n) is 9.70. The van der Waals surface area contributed by atoms with Gasteiger partial charge in [0, 0.05) is 24.1 Å². The van der Waals surface area contributed by atoms with Crippen molar-refractivity contribution in [3.63, 3.8) is 0 Å². The zero-order valence-corrected chi connectivity index (χ0v) is 9.70. The van der Waals surface area contributed by atoms with Crippen LogP contribution in [0, 0.1) is 10.1 Å². The summed E-state index contributed by atoms with van der Waals surface area (Å²) in [6.07, 6.45) is 2.63. The van der Waals surface area contributed by atoms with Crippen LogP contribution in [-0.4, -0.2) is 15.8 Å². The first kappa shape index (κ1) is 12.4. The van der Waals surface area contributed by atoms with Crippen molar-refractivity contribution in [2.75, 3.05) is 0 Å². The van der Waals surface area contributed by atoms with Gasteiger partial charge >= 0.3 is 0 Å². The Bertz CT molecular complexity index is 521. The molecule has 2 rings (SSSR count). The lowest BCUT2D eigenvalue weighted by atomic mass is 9.90. The second-order valence-corrected chi connectivity index (χ2v) is 4.23. The van der Waals surface area contributed by atoms with Crippen LogP contribution >= 0.6 is 0 Å². The van der Waals surface area contributed by atoms with Crippen LogP contribution in [0.4, 0.5) is 5.69 Å². The van der Waals surface area contributed by atoms with Gasteiger partial charge in [0.2, 0.25) is 0 Å². The van der Waals surface area contributed by atoms with E-state index in [4.69, 9.17) is 0 Å². The largest absolute Gasteiger partial charge is 0.384 e. The molecule has 1 unspecified atom stereocenters. The first-order valence-corrected chi connectivity index (χ1v) is 5.75. The molecule has 1 aliphatic rings. The number of carbonyl (C=O) groups is 1. The Kier molecular flexibility index (Phi) is 3.53. The highest BCUT2D eigenvalue weighted by Gasteiger charge is 2.23. The van der Waals surface area contributed by atoms with Gasteiger partial charge in [0.15, 0.2) is 5.78 Å². The molecule has 1 N–H and O–H groups in total. The molecule has 0 aliphatic heterocycles. The number of carbonyl (C=O) groups excluding carboxylic acids is 1. The maximum atomic E-state index is 11.7. The fraction of sp³-hybridized carbons (Fsp3) is 0.308. The summed E-state index contributed by atoms with van der Waals surface area (Å²) in [7, 11) is 0. The molecular formula is C13H13NO4. The van der Waals surface area contributed by atoms with Crippen LogP contribution in [0.25, 0.3) is 0 Å². The Morgan fingerprint density at radius 1 is 1.39 bits per heavy atom. The molecule has 0 saturated carbocycles. The third-order valence-electron chi connectivity index (χ3n) is 2.99. The third kappa shape index (κ3) is 2.46. The van der Waals surface area contributed by atoms with Crippen molar-refractivity contribution in [3.8, 4) is 0 Å². The summed E-state index contributed by atoms with van der Waals surface area (Å²) >= 11 is 0. The lowest BCUT2D eigenvalue weighted by Gasteiger charge is -2.17. The van der Waals surface area contributed by atoms with Crippen molar-refractivity contribution in [2.24, 2.45) is 0 Å². The summed E-state index contributed by atoms with van der Waals surface area (Å²) < 4.78 is 0. The average molecular weight is 247 g/mol. The molecule has 1 aromatic rings. The summed E-state index contributed by atoms with van der Waals surface area (Å²) in [6, 6.07) is 5.74. The Hall–Kier alpha value is -2.01. The van der Waals surface area contributed by atoms with Gasteiger partial charge in [-0.05, 0) is 18.4 Å². The Labute approximate surface area is 104 Å². The fourth-order valence-electron chi connectivity index (χ4n) is 2.03. The maximum Gasteiger partial charge on any atom is 0.269 e. The van der Waals surface area contributed by atoms with Gasteiger partial charge in [-0.3, -0.25) is 14.9 Å². The summed E-state index contributed by atoms with van der Waals surface area (Å²) in [4.78, 5) is 21.8. The number of non-ortho nitro benzene ring substituents is 1. The molecular weight excluding hydrogens is 234 g/mol. The average Bonchev–Trinajstić information content (AvgIpc) is 2.38. The number of Topliss-reactive ketones (excluding diaryl/α,β-unsaturated/α-hetero) is 1. The van der Waals surface area contributed by atoms with E-state index in [1.807, 2.05) is 0 Å². The Morgan fingerprint density at radius 2 is 2.17 bits per heavy atom. The molecule has 1 atom stereocenters. The molecule has 0 amide bonds. The number of ketones is 1. The number of aliphatic hydroxyl groups excluding tert-OH is 1. The van der Waals surface area contributed by atoms with Crippen LogP contribution in [0.15, 0.2) is 35.9 Å². The highest BCUT2D eigenvalue weighted by Crippen LogP contribution is 2.29. The van der Waals surface area contributed by atoms with Gasteiger partial charge in [-0.1, -0.05) is 18.2 Å². The zero-order chi connectivity index (χ0) is 13.1. The van der Waals surface area contributed by atoms with E-state index in [0.29, 0.717) is 17.6 Å². The number of allylic oxidation sites excluding steroid dienone is 1. The molecule has 5 heteroatoms. The number of hydrogen-bond acceptors (Lipinski definition) is 4. The normalized spacial score (nSPS) is 17.2. The first-order chi connectivity index (χ1) is 8.59. The number of nitro benzene ring substituents is 1. The van der Waals surface area contributed by atoms with E-state index < -0.39 is 11.0 Å². The van der Waals surface area contributed by atoms with Gasteiger partial charge < -0.3 is 5.11 Å².